The van der Waals surface area contributed by atoms with E-state index in [1.165, 1.54) is 31.6 Å². The van der Waals surface area contributed by atoms with Gasteiger partial charge in [0.05, 0.1) is 29.9 Å². The molecule has 0 radical (unpaired) electrons. The number of amides is 1. The predicted octanol–water partition coefficient (Wildman–Crippen LogP) is 4.39. The number of carbonyl (C=O) groups excluding carboxylic acids is 1. The van der Waals surface area contributed by atoms with Gasteiger partial charge in [-0.1, -0.05) is 17.7 Å². The maximum Gasteiger partial charge on any atom is 0.248 e. The minimum Gasteiger partial charge on any atom is -0.494 e. The van der Waals surface area contributed by atoms with Crippen molar-refractivity contribution in [1.82, 2.24) is 14.9 Å². The van der Waals surface area contributed by atoms with Gasteiger partial charge in [-0.25, -0.2) is 14.4 Å². The van der Waals surface area contributed by atoms with Crippen LogP contribution in [0.2, 0.25) is 5.02 Å². The highest BCUT2D eigenvalue weighted by atomic mass is 35.5. The molecule has 1 fully saturated rings. The smallest absolute Gasteiger partial charge is 0.248 e. The molecule has 8 nitrogen and oxygen atoms in total. The molecular formula is C24H25ClFN5O3. The average molecular weight is 486 g/mol. The molecule has 0 saturated carbocycles. The number of fused-ring (bicyclic) bond motifs is 1. The first-order chi connectivity index (χ1) is 16.5. The van der Waals surface area contributed by atoms with Crippen molar-refractivity contribution >= 4 is 45.6 Å². The van der Waals surface area contributed by atoms with Crippen molar-refractivity contribution in [1.29, 1.82) is 0 Å². The molecule has 0 unspecified atom stereocenters. The Morgan fingerprint density at radius 1 is 1.29 bits per heavy atom. The fourth-order valence-corrected chi connectivity index (χ4v) is 3.93. The van der Waals surface area contributed by atoms with Gasteiger partial charge < -0.3 is 20.1 Å². The third-order valence-corrected chi connectivity index (χ3v) is 5.92. The summed E-state index contributed by atoms with van der Waals surface area (Å²) >= 11 is 5.89. The zero-order valence-electron chi connectivity index (χ0n) is 18.8. The number of anilines is 3. The molecule has 1 aliphatic rings. The van der Waals surface area contributed by atoms with Crippen LogP contribution < -0.4 is 15.4 Å². The van der Waals surface area contributed by atoms with Crippen LogP contribution >= 0.6 is 11.6 Å². The highest BCUT2D eigenvalue weighted by Gasteiger charge is 2.26. The van der Waals surface area contributed by atoms with Crippen LogP contribution in [0.15, 0.2) is 48.8 Å². The van der Waals surface area contributed by atoms with Gasteiger partial charge in [0.2, 0.25) is 5.91 Å². The summed E-state index contributed by atoms with van der Waals surface area (Å²) in [5.74, 6) is 0.152. The van der Waals surface area contributed by atoms with Crippen LogP contribution in [0.4, 0.5) is 21.6 Å². The third-order valence-electron chi connectivity index (χ3n) is 5.63. The minimum atomic E-state index is -0.508. The molecular weight excluding hydrogens is 461 g/mol. The number of methoxy groups -OCH3 is 2. The molecule has 10 heteroatoms. The minimum absolute atomic E-state index is 0.00321. The average Bonchev–Trinajstić information content (AvgIpc) is 2.81. The van der Waals surface area contributed by atoms with Crippen molar-refractivity contribution in [3.63, 3.8) is 0 Å². The summed E-state index contributed by atoms with van der Waals surface area (Å²) in [6.45, 7) is 2.36. The summed E-state index contributed by atoms with van der Waals surface area (Å²) in [5, 5.41) is 6.62. The number of aromatic nitrogens is 2. The molecule has 0 bridgehead atoms. The number of hydrogen-bond donors (Lipinski definition) is 2. The van der Waals surface area contributed by atoms with E-state index in [1.807, 2.05) is 6.08 Å². The zero-order valence-corrected chi connectivity index (χ0v) is 19.6. The lowest BCUT2D eigenvalue weighted by atomic mass is 10.0. The topological polar surface area (TPSA) is 88.6 Å². The molecule has 2 N–H and O–H groups in total. The van der Waals surface area contributed by atoms with Crippen molar-refractivity contribution in [2.75, 3.05) is 44.5 Å². The Hall–Kier alpha value is -3.27. The Morgan fingerprint density at radius 2 is 2.15 bits per heavy atom. The molecule has 4 rings (SSSR count). The SMILES string of the molecule is COC[C@@H]1CCN1CC=CC(=O)Nc1cc2c(Nc3ccc(F)c(Cl)c3)ncnc2cc1OC. The highest BCUT2D eigenvalue weighted by molar-refractivity contribution is 6.31. The number of ether oxygens (including phenoxy) is 2. The number of halogens is 2. The Labute approximate surface area is 201 Å². The van der Waals surface area contributed by atoms with Crippen LogP contribution in [0.25, 0.3) is 10.9 Å². The van der Waals surface area contributed by atoms with Gasteiger partial charge in [-0.05, 0) is 30.7 Å². The third kappa shape index (κ3) is 5.44. The standard InChI is InChI=1S/C24H25ClFN5O3/c1-33-13-16-7-9-31(16)8-3-4-23(32)30-21-11-17-20(12-22(21)34-2)27-14-28-24(17)29-15-5-6-19(26)18(25)10-15/h3-6,10-12,14,16H,7-9,13H2,1-2H3,(H,30,32)(H,27,28,29)/t16-/m0/s1. The van der Waals surface area contributed by atoms with Gasteiger partial charge in [-0.15, -0.1) is 0 Å². The van der Waals surface area contributed by atoms with E-state index in [9.17, 15) is 9.18 Å². The molecule has 178 valence electrons. The molecule has 1 saturated heterocycles. The Balaban J connectivity index is 1.52. The fraction of sp³-hybridized carbons (Fsp3) is 0.292. The van der Waals surface area contributed by atoms with E-state index in [0.29, 0.717) is 53.0 Å². The van der Waals surface area contributed by atoms with E-state index in [2.05, 4.69) is 25.5 Å². The lowest BCUT2D eigenvalue weighted by Crippen LogP contribution is -2.50. The normalized spacial score (nSPS) is 15.9. The van der Waals surface area contributed by atoms with Gasteiger partial charge in [0.1, 0.15) is 23.7 Å². The largest absolute Gasteiger partial charge is 0.494 e. The molecule has 1 amide bonds. The van der Waals surface area contributed by atoms with Crippen molar-refractivity contribution < 1.29 is 18.7 Å². The summed E-state index contributed by atoms with van der Waals surface area (Å²) in [4.78, 5) is 23.4. The number of hydrogen-bond acceptors (Lipinski definition) is 7. The summed E-state index contributed by atoms with van der Waals surface area (Å²) in [7, 11) is 3.21. The van der Waals surface area contributed by atoms with E-state index in [-0.39, 0.29) is 10.9 Å². The monoisotopic (exact) mass is 485 g/mol. The molecule has 2 aromatic carbocycles. The van der Waals surface area contributed by atoms with Crippen molar-refractivity contribution in [2.45, 2.75) is 12.5 Å². The number of nitrogens with one attached hydrogen (secondary N) is 2. The molecule has 1 aromatic heterocycles. The van der Waals surface area contributed by atoms with Crippen LogP contribution in [-0.4, -0.2) is 60.7 Å². The van der Waals surface area contributed by atoms with Gasteiger partial charge >= 0.3 is 0 Å². The number of carbonyl (C=O) groups is 1. The lowest BCUT2D eigenvalue weighted by molar-refractivity contribution is -0.111. The number of likely N-dealkylation sites (tertiary alicyclic amines) is 1. The first-order valence-corrected chi connectivity index (χ1v) is 11.1. The molecule has 34 heavy (non-hydrogen) atoms. The van der Waals surface area contributed by atoms with Gasteiger partial charge in [0.25, 0.3) is 0 Å². The first-order valence-electron chi connectivity index (χ1n) is 10.7. The van der Waals surface area contributed by atoms with E-state index in [0.717, 1.165) is 13.0 Å². The van der Waals surface area contributed by atoms with Gasteiger partial charge in [-0.2, -0.15) is 0 Å². The molecule has 0 aliphatic carbocycles. The highest BCUT2D eigenvalue weighted by Crippen LogP contribution is 2.33. The van der Waals surface area contributed by atoms with E-state index < -0.39 is 5.82 Å². The zero-order chi connectivity index (χ0) is 24.1. The van der Waals surface area contributed by atoms with Gasteiger partial charge in [0.15, 0.2) is 0 Å². The second-order valence-corrected chi connectivity index (χ2v) is 8.24. The van der Waals surface area contributed by atoms with Crippen LogP contribution in [0, 0.1) is 5.82 Å². The summed E-state index contributed by atoms with van der Waals surface area (Å²) in [6, 6.07) is 8.15. The second kappa shape index (κ2) is 10.8. The van der Waals surface area contributed by atoms with Crippen molar-refractivity contribution in [3.8, 4) is 5.75 Å². The van der Waals surface area contributed by atoms with Crippen LogP contribution in [0.1, 0.15) is 6.42 Å². The van der Waals surface area contributed by atoms with E-state index in [1.54, 1.807) is 25.3 Å². The number of nitrogens with zero attached hydrogens (tertiary/aromatic N) is 3. The molecule has 3 aromatic rings. The maximum absolute atomic E-state index is 13.5. The van der Waals surface area contributed by atoms with Crippen molar-refractivity contribution in [3.05, 3.63) is 59.7 Å². The second-order valence-electron chi connectivity index (χ2n) is 7.83. The Morgan fingerprint density at radius 3 is 2.85 bits per heavy atom. The van der Waals surface area contributed by atoms with Gasteiger partial charge in [0, 0.05) is 49.5 Å². The fourth-order valence-electron chi connectivity index (χ4n) is 3.75. The Kier molecular flexibility index (Phi) is 7.56. The van der Waals surface area contributed by atoms with Crippen LogP contribution in [-0.2, 0) is 9.53 Å². The number of rotatable bonds is 9. The molecule has 1 aliphatic heterocycles. The molecule has 1 atom stereocenters. The van der Waals surface area contributed by atoms with E-state index >= 15 is 0 Å². The van der Waals surface area contributed by atoms with Gasteiger partial charge in [-0.3, -0.25) is 9.69 Å². The summed E-state index contributed by atoms with van der Waals surface area (Å²) in [6.07, 6.45) is 5.85. The van der Waals surface area contributed by atoms with Crippen LogP contribution in [0.5, 0.6) is 5.75 Å². The molecule has 2 heterocycles. The first kappa shape index (κ1) is 23.9. The van der Waals surface area contributed by atoms with Crippen molar-refractivity contribution in [2.24, 2.45) is 0 Å². The maximum atomic E-state index is 13.5. The Bertz CT molecular complexity index is 1220. The summed E-state index contributed by atoms with van der Waals surface area (Å²) in [5.41, 5.74) is 1.65. The lowest BCUT2D eigenvalue weighted by Gasteiger charge is -2.39. The number of benzene rings is 2. The van der Waals surface area contributed by atoms with E-state index in [4.69, 9.17) is 21.1 Å². The van der Waals surface area contributed by atoms with Crippen LogP contribution in [0.3, 0.4) is 0 Å². The quantitative estimate of drug-likeness (QED) is 0.434. The summed E-state index contributed by atoms with van der Waals surface area (Å²) < 4.78 is 24.2. The predicted molar refractivity (Wildman–Crippen MR) is 130 cm³/mol. The molecule has 0 spiro atoms.